The minimum atomic E-state index is -4.84. The second kappa shape index (κ2) is 9.54. The lowest BCUT2D eigenvalue weighted by Crippen LogP contribution is -2.30. The monoisotopic (exact) mass is 447 g/mol. The molecule has 1 atom stereocenters. The number of benzene rings is 2. The van der Waals surface area contributed by atoms with Crippen LogP contribution in [0.2, 0.25) is 0 Å². The molecule has 0 bridgehead atoms. The predicted molar refractivity (Wildman–Crippen MR) is 110 cm³/mol. The fraction of sp³-hybridized carbons (Fsp3) is 0.227. The van der Waals surface area contributed by atoms with Crippen LogP contribution in [0.3, 0.4) is 0 Å². The van der Waals surface area contributed by atoms with Gasteiger partial charge in [0, 0.05) is 5.69 Å². The lowest BCUT2D eigenvalue weighted by atomic mass is 10.2. The Bertz CT molecular complexity index is 1080. The fourth-order valence-electron chi connectivity index (χ4n) is 2.86. The van der Waals surface area contributed by atoms with Crippen LogP contribution in [0.5, 0.6) is 5.75 Å². The van der Waals surface area contributed by atoms with E-state index < -0.39 is 35.4 Å². The van der Waals surface area contributed by atoms with Crippen molar-refractivity contribution in [3.63, 3.8) is 0 Å². The zero-order valence-corrected chi connectivity index (χ0v) is 17.2. The van der Waals surface area contributed by atoms with Crippen molar-refractivity contribution in [3.05, 3.63) is 72.1 Å². The van der Waals surface area contributed by atoms with Crippen molar-refractivity contribution in [2.45, 2.75) is 26.1 Å². The third kappa shape index (κ3) is 5.26. The number of anilines is 1. The first-order valence-corrected chi connectivity index (χ1v) is 9.66. The van der Waals surface area contributed by atoms with Gasteiger partial charge in [0.15, 0.2) is 11.8 Å². The van der Waals surface area contributed by atoms with Crippen molar-refractivity contribution in [3.8, 4) is 11.4 Å². The van der Waals surface area contributed by atoms with E-state index in [-0.39, 0.29) is 12.3 Å². The first-order valence-electron chi connectivity index (χ1n) is 9.66. The van der Waals surface area contributed by atoms with Gasteiger partial charge in [-0.3, -0.25) is 4.79 Å². The van der Waals surface area contributed by atoms with Crippen LogP contribution >= 0.6 is 0 Å². The number of aromatic nitrogens is 2. The summed E-state index contributed by atoms with van der Waals surface area (Å²) in [4.78, 5) is 24.2. The van der Waals surface area contributed by atoms with Crippen LogP contribution in [0.1, 0.15) is 29.9 Å². The third-order valence-electron chi connectivity index (χ3n) is 4.34. The molecule has 3 rings (SSSR count). The lowest BCUT2D eigenvalue weighted by molar-refractivity contribution is -0.143. The Kier molecular flexibility index (Phi) is 6.82. The number of ether oxygens (including phenoxy) is 2. The molecule has 168 valence electrons. The Morgan fingerprint density at radius 1 is 1.09 bits per heavy atom. The van der Waals surface area contributed by atoms with Crippen molar-refractivity contribution in [2.24, 2.45) is 0 Å². The Labute approximate surface area is 181 Å². The molecule has 32 heavy (non-hydrogen) atoms. The van der Waals surface area contributed by atoms with E-state index in [1.54, 1.807) is 31.2 Å². The number of esters is 1. The summed E-state index contributed by atoms with van der Waals surface area (Å²) in [6, 6.07) is 14.3. The summed E-state index contributed by atoms with van der Waals surface area (Å²) < 4.78 is 51.7. The van der Waals surface area contributed by atoms with Crippen molar-refractivity contribution in [1.29, 1.82) is 0 Å². The standard InChI is InChI=1S/C22H20F3N3O4/c1-3-31-21(30)18-13-26-28(19(18)22(23,24)25)16-11-9-15(10-12-16)27-20(29)14(2)32-17-7-5-4-6-8-17/h4-14H,3H2,1-2H3,(H,27,29). The Morgan fingerprint density at radius 2 is 1.75 bits per heavy atom. The molecule has 1 heterocycles. The smallest absolute Gasteiger partial charge is 0.434 e. The first-order chi connectivity index (χ1) is 15.2. The van der Waals surface area contributed by atoms with Crippen LogP contribution in [0.25, 0.3) is 5.69 Å². The molecule has 0 saturated carbocycles. The number of para-hydroxylation sites is 1. The van der Waals surface area contributed by atoms with Gasteiger partial charge in [-0.2, -0.15) is 18.3 Å². The maximum atomic E-state index is 13.6. The van der Waals surface area contributed by atoms with E-state index >= 15 is 0 Å². The number of carbonyl (C=O) groups excluding carboxylic acids is 2. The van der Waals surface area contributed by atoms with Gasteiger partial charge in [0.25, 0.3) is 5.91 Å². The molecule has 0 radical (unpaired) electrons. The highest BCUT2D eigenvalue weighted by molar-refractivity contribution is 5.94. The molecule has 1 N–H and O–H groups in total. The lowest BCUT2D eigenvalue weighted by Gasteiger charge is -2.15. The molecule has 0 spiro atoms. The normalized spacial score (nSPS) is 12.2. The minimum absolute atomic E-state index is 0.0551. The molecule has 0 aliphatic carbocycles. The van der Waals surface area contributed by atoms with Gasteiger partial charge in [-0.05, 0) is 50.2 Å². The zero-order valence-electron chi connectivity index (χ0n) is 17.2. The summed E-state index contributed by atoms with van der Waals surface area (Å²) in [7, 11) is 0. The minimum Gasteiger partial charge on any atom is -0.481 e. The fourth-order valence-corrected chi connectivity index (χ4v) is 2.86. The Morgan fingerprint density at radius 3 is 2.34 bits per heavy atom. The molecular weight excluding hydrogens is 427 g/mol. The van der Waals surface area contributed by atoms with E-state index in [1.165, 1.54) is 31.2 Å². The number of alkyl halides is 3. The van der Waals surface area contributed by atoms with E-state index in [2.05, 4.69) is 15.2 Å². The molecule has 0 saturated heterocycles. The Hall–Kier alpha value is -3.82. The molecule has 7 nitrogen and oxygen atoms in total. The van der Waals surface area contributed by atoms with Crippen LogP contribution < -0.4 is 10.1 Å². The second-order valence-corrected chi connectivity index (χ2v) is 6.65. The molecule has 10 heteroatoms. The van der Waals surface area contributed by atoms with E-state index in [4.69, 9.17) is 4.74 Å². The van der Waals surface area contributed by atoms with E-state index in [0.717, 1.165) is 6.20 Å². The third-order valence-corrected chi connectivity index (χ3v) is 4.34. The number of nitrogens with one attached hydrogen (secondary N) is 1. The molecule has 1 aromatic heterocycles. The first kappa shape index (κ1) is 22.9. The molecule has 1 unspecified atom stereocenters. The molecule has 3 aromatic rings. The number of rotatable bonds is 7. The second-order valence-electron chi connectivity index (χ2n) is 6.65. The highest BCUT2D eigenvalue weighted by Crippen LogP contribution is 2.34. The number of amides is 1. The van der Waals surface area contributed by atoms with Crippen LogP contribution in [-0.2, 0) is 15.7 Å². The molecule has 0 aliphatic rings. The summed E-state index contributed by atoms with van der Waals surface area (Å²) in [5, 5.41) is 6.35. The number of nitrogens with zero attached hydrogens (tertiary/aromatic N) is 2. The van der Waals surface area contributed by atoms with Crippen molar-refractivity contribution in [2.75, 3.05) is 11.9 Å². The van der Waals surface area contributed by atoms with Gasteiger partial charge < -0.3 is 14.8 Å². The van der Waals surface area contributed by atoms with Crippen molar-refractivity contribution >= 4 is 17.6 Å². The summed E-state index contributed by atoms with van der Waals surface area (Å²) in [5.41, 5.74) is -1.51. The number of hydrogen-bond acceptors (Lipinski definition) is 5. The van der Waals surface area contributed by atoms with E-state index in [0.29, 0.717) is 16.1 Å². The summed E-state index contributed by atoms with van der Waals surface area (Å²) in [5.74, 6) is -1.01. The molecule has 1 amide bonds. The number of carbonyl (C=O) groups is 2. The highest BCUT2D eigenvalue weighted by atomic mass is 19.4. The van der Waals surface area contributed by atoms with Gasteiger partial charge in [0.1, 0.15) is 11.3 Å². The van der Waals surface area contributed by atoms with Gasteiger partial charge in [-0.15, -0.1) is 0 Å². The van der Waals surface area contributed by atoms with Gasteiger partial charge in [0.05, 0.1) is 18.5 Å². The number of halogens is 3. The van der Waals surface area contributed by atoms with E-state index in [1.807, 2.05) is 6.07 Å². The van der Waals surface area contributed by atoms with Crippen molar-refractivity contribution in [1.82, 2.24) is 9.78 Å². The number of hydrogen-bond donors (Lipinski definition) is 1. The summed E-state index contributed by atoms with van der Waals surface area (Å²) in [6.07, 6.45) is -4.82. The maximum absolute atomic E-state index is 13.6. The molecule has 0 fully saturated rings. The van der Waals surface area contributed by atoms with Crippen LogP contribution in [0, 0.1) is 0 Å². The van der Waals surface area contributed by atoms with Gasteiger partial charge in [0.2, 0.25) is 0 Å². The molecule has 2 aromatic carbocycles. The predicted octanol–water partition coefficient (Wildman–Crippen LogP) is 4.47. The van der Waals surface area contributed by atoms with Crippen molar-refractivity contribution < 1.29 is 32.2 Å². The Balaban J connectivity index is 1.77. The van der Waals surface area contributed by atoms with E-state index in [9.17, 15) is 22.8 Å². The van der Waals surface area contributed by atoms with Gasteiger partial charge in [-0.1, -0.05) is 18.2 Å². The summed E-state index contributed by atoms with van der Waals surface area (Å²) >= 11 is 0. The molecule has 0 aliphatic heterocycles. The SMILES string of the molecule is CCOC(=O)c1cnn(-c2ccc(NC(=O)C(C)Oc3ccccc3)cc2)c1C(F)(F)F. The van der Waals surface area contributed by atoms with Gasteiger partial charge in [-0.25, -0.2) is 9.48 Å². The average molecular weight is 447 g/mol. The van der Waals surface area contributed by atoms with Gasteiger partial charge >= 0.3 is 12.1 Å². The molecular formula is C22H20F3N3O4. The topological polar surface area (TPSA) is 82.5 Å². The van der Waals surface area contributed by atoms with Crippen LogP contribution in [0.15, 0.2) is 60.8 Å². The summed E-state index contributed by atoms with van der Waals surface area (Å²) in [6.45, 7) is 3.00. The maximum Gasteiger partial charge on any atom is 0.434 e. The largest absolute Gasteiger partial charge is 0.481 e. The van der Waals surface area contributed by atoms with Crippen LogP contribution in [-0.4, -0.2) is 34.4 Å². The zero-order chi connectivity index (χ0) is 23.3. The average Bonchev–Trinajstić information content (AvgIpc) is 3.21. The highest BCUT2D eigenvalue weighted by Gasteiger charge is 2.41. The van der Waals surface area contributed by atoms with Crippen LogP contribution in [0.4, 0.5) is 18.9 Å². The quantitative estimate of drug-likeness (QED) is 0.541.